The fourth-order valence-corrected chi connectivity index (χ4v) is 3.80. The van der Waals surface area contributed by atoms with E-state index in [1.165, 1.54) is 0 Å². The minimum absolute atomic E-state index is 0.0904. The third kappa shape index (κ3) is 4.26. The molecule has 0 atom stereocenters. The fraction of sp³-hybridized carbons (Fsp3) is 0.333. The molecule has 7 heteroatoms. The van der Waals surface area contributed by atoms with Crippen molar-refractivity contribution in [3.8, 4) is 11.1 Å². The normalized spacial score (nSPS) is 13.2. The van der Waals surface area contributed by atoms with Gasteiger partial charge in [0, 0.05) is 0 Å². The first-order valence-electron chi connectivity index (χ1n) is 7.61. The molecule has 0 aliphatic rings. The summed E-state index contributed by atoms with van der Waals surface area (Å²) < 4.78 is 79.0. The van der Waals surface area contributed by atoms with Gasteiger partial charge in [-0.3, -0.25) is 0 Å². The summed E-state index contributed by atoms with van der Waals surface area (Å²) in [7, 11) is -1.61. The molecule has 2 aromatic rings. The monoisotopic (exact) mass is 376 g/mol. The summed E-state index contributed by atoms with van der Waals surface area (Å²) in [5, 5.41) is 1.08. The molecule has 0 fully saturated rings. The lowest BCUT2D eigenvalue weighted by Crippen LogP contribution is -2.37. The molecule has 0 aromatic heterocycles. The molecular formula is C18H18F6Si. The van der Waals surface area contributed by atoms with Gasteiger partial charge >= 0.3 is 12.4 Å². The van der Waals surface area contributed by atoms with Crippen LogP contribution >= 0.6 is 0 Å². The maximum absolute atomic E-state index is 13.2. The summed E-state index contributed by atoms with van der Waals surface area (Å²) in [6, 6.07) is 8.29. The molecule has 0 saturated heterocycles. The van der Waals surface area contributed by atoms with Gasteiger partial charge in [-0.2, -0.15) is 26.3 Å². The maximum Gasteiger partial charge on any atom is 0.416 e. The van der Waals surface area contributed by atoms with Crippen molar-refractivity contribution in [1.82, 2.24) is 0 Å². The molecule has 0 spiro atoms. The number of halogens is 6. The predicted molar refractivity (Wildman–Crippen MR) is 89.6 cm³/mol. The molecular weight excluding hydrogens is 358 g/mol. The van der Waals surface area contributed by atoms with Gasteiger partial charge in [-0.1, -0.05) is 49.1 Å². The van der Waals surface area contributed by atoms with Crippen molar-refractivity contribution in [2.24, 2.45) is 0 Å². The second-order valence-electron chi connectivity index (χ2n) is 7.02. The molecule has 2 rings (SSSR count). The van der Waals surface area contributed by atoms with Crippen LogP contribution < -0.4 is 5.19 Å². The standard InChI is InChI=1S/C18H18F6Si/c1-11-15(17(19,20)21)9-13(10-16(11)18(22,23)24)12-5-7-14(8-6-12)25(2,3)4/h5-10H,1-4H3. The van der Waals surface area contributed by atoms with E-state index < -0.39 is 37.1 Å². The van der Waals surface area contributed by atoms with E-state index >= 15 is 0 Å². The first kappa shape index (κ1) is 19.6. The predicted octanol–water partition coefficient (Wildman–Crippen LogP) is 6.24. The Morgan fingerprint density at radius 1 is 0.680 bits per heavy atom. The summed E-state index contributed by atoms with van der Waals surface area (Å²) in [4.78, 5) is 0. The molecule has 0 bridgehead atoms. The first-order valence-corrected chi connectivity index (χ1v) is 11.1. The highest BCUT2D eigenvalue weighted by Crippen LogP contribution is 2.41. The number of benzene rings is 2. The van der Waals surface area contributed by atoms with Crippen LogP contribution in [-0.4, -0.2) is 8.07 Å². The SMILES string of the molecule is Cc1c(C(F)(F)F)cc(-c2ccc([Si](C)(C)C)cc2)cc1C(F)(F)F. The van der Waals surface area contributed by atoms with Crippen LogP contribution in [0.3, 0.4) is 0 Å². The van der Waals surface area contributed by atoms with Crippen molar-refractivity contribution in [2.75, 3.05) is 0 Å². The minimum atomic E-state index is -4.85. The molecule has 0 heterocycles. The van der Waals surface area contributed by atoms with Gasteiger partial charge in [-0.15, -0.1) is 0 Å². The van der Waals surface area contributed by atoms with Crippen LogP contribution in [0.5, 0.6) is 0 Å². The molecule has 136 valence electrons. The third-order valence-electron chi connectivity index (χ3n) is 4.10. The Kier molecular flexibility index (Phi) is 4.85. The van der Waals surface area contributed by atoms with Crippen molar-refractivity contribution in [3.05, 3.63) is 53.1 Å². The molecule has 0 N–H and O–H groups in total. The van der Waals surface area contributed by atoms with Crippen molar-refractivity contribution >= 4 is 13.3 Å². The first-order chi connectivity index (χ1) is 11.2. The summed E-state index contributed by atoms with van der Waals surface area (Å²) in [5.41, 5.74) is -3.08. The Hall–Kier alpha value is -1.76. The molecule has 25 heavy (non-hydrogen) atoms. The van der Waals surface area contributed by atoms with E-state index in [1.807, 2.05) is 0 Å². The Labute approximate surface area is 143 Å². The Morgan fingerprint density at radius 3 is 1.40 bits per heavy atom. The topological polar surface area (TPSA) is 0 Å². The van der Waals surface area contributed by atoms with Gasteiger partial charge in [-0.25, -0.2) is 0 Å². The van der Waals surface area contributed by atoms with E-state index in [2.05, 4.69) is 19.6 Å². The number of hydrogen-bond acceptors (Lipinski definition) is 0. The molecule has 0 nitrogen and oxygen atoms in total. The highest BCUT2D eigenvalue weighted by Gasteiger charge is 2.40. The zero-order valence-electron chi connectivity index (χ0n) is 14.2. The van der Waals surface area contributed by atoms with Crippen LogP contribution in [-0.2, 0) is 12.4 Å². The lowest BCUT2D eigenvalue weighted by Gasteiger charge is -2.19. The van der Waals surface area contributed by atoms with Gasteiger partial charge in [0.2, 0.25) is 0 Å². The number of rotatable bonds is 2. The number of alkyl halides is 6. The van der Waals surface area contributed by atoms with Crippen LogP contribution in [0.4, 0.5) is 26.3 Å². The average molecular weight is 376 g/mol. The number of hydrogen-bond donors (Lipinski definition) is 0. The minimum Gasteiger partial charge on any atom is -0.166 e. The molecule has 0 amide bonds. The maximum atomic E-state index is 13.2. The fourth-order valence-electron chi connectivity index (χ4n) is 2.63. The van der Waals surface area contributed by atoms with Gasteiger partial charge in [0.05, 0.1) is 19.2 Å². The van der Waals surface area contributed by atoms with E-state index in [-0.39, 0.29) is 5.56 Å². The highest BCUT2D eigenvalue weighted by atomic mass is 28.3. The molecule has 0 aliphatic heterocycles. The Morgan fingerprint density at radius 2 is 1.08 bits per heavy atom. The lowest BCUT2D eigenvalue weighted by molar-refractivity contribution is -0.143. The summed E-state index contributed by atoms with van der Waals surface area (Å²) in [6.45, 7) is 7.18. The van der Waals surface area contributed by atoms with Gasteiger partial charge in [0.25, 0.3) is 0 Å². The quantitative estimate of drug-likeness (QED) is 0.430. The van der Waals surface area contributed by atoms with Crippen molar-refractivity contribution in [2.45, 2.75) is 38.9 Å². The van der Waals surface area contributed by atoms with E-state index in [4.69, 9.17) is 0 Å². The van der Waals surface area contributed by atoms with E-state index in [1.54, 1.807) is 24.3 Å². The van der Waals surface area contributed by atoms with E-state index in [9.17, 15) is 26.3 Å². The van der Waals surface area contributed by atoms with Gasteiger partial charge in [0.15, 0.2) is 0 Å². The van der Waals surface area contributed by atoms with Crippen molar-refractivity contribution < 1.29 is 26.3 Å². The highest BCUT2D eigenvalue weighted by molar-refractivity contribution is 6.88. The van der Waals surface area contributed by atoms with Crippen LogP contribution in [0.2, 0.25) is 19.6 Å². The zero-order valence-corrected chi connectivity index (χ0v) is 15.2. The van der Waals surface area contributed by atoms with Crippen LogP contribution in [0.1, 0.15) is 16.7 Å². The van der Waals surface area contributed by atoms with Crippen LogP contribution in [0, 0.1) is 6.92 Å². The Balaban J connectivity index is 2.66. The Bertz CT molecular complexity index is 729. The van der Waals surface area contributed by atoms with Crippen LogP contribution in [0.15, 0.2) is 36.4 Å². The molecule has 0 unspecified atom stereocenters. The molecule has 0 aliphatic carbocycles. The van der Waals surface area contributed by atoms with Gasteiger partial charge in [0.1, 0.15) is 0 Å². The molecule has 0 radical (unpaired) electrons. The summed E-state index contributed by atoms with van der Waals surface area (Å²) >= 11 is 0. The van der Waals surface area contributed by atoms with E-state index in [0.29, 0.717) is 5.56 Å². The van der Waals surface area contributed by atoms with Crippen LogP contribution in [0.25, 0.3) is 11.1 Å². The van der Waals surface area contributed by atoms with E-state index in [0.717, 1.165) is 24.2 Å². The van der Waals surface area contributed by atoms with Gasteiger partial charge < -0.3 is 0 Å². The van der Waals surface area contributed by atoms with Crippen molar-refractivity contribution in [3.63, 3.8) is 0 Å². The molecule has 0 saturated carbocycles. The second kappa shape index (κ2) is 6.19. The summed E-state index contributed by atoms with van der Waals surface area (Å²) in [5.74, 6) is 0. The van der Waals surface area contributed by atoms with Gasteiger partial charge in [-0.05, 0) is 35.7 Å². The smallest absolute Gasteiger partial charge is 0.166 e. The lowest BCUT2D eigenvalue weighted by atomic mass is 9.94. The zero-order chi connectivity index (χ0) is 19.2. The average Bonchev–Trinajstić information content (AvgIpc) is 2.44. The second-order valence-corrected chi connectivity index (χ2v) is 12.1. The summed E-state index contributed by atoms with van der Waals surface area (Å²) in [6.07, 6.45) is -9.70. The third-order valence-corrected chi connectivity index (χ3v) is 6.17. The molecule has 2 aromatic carbocycles. The largest absolute Gasteiger partial charge is 0.416 e. The van der Waals surface area contributed by atoms with Crippen molar-refractivity contribution in [1.29, 1.82) is 0 Å².